The van der Waals surface area contributed by atoms with Crippen LogP contribution in [0.25, 0.3) is 134 Å². The molecular formula is C51H27N15. The molecule has 0 saturated carbocycles. The lowest BCUT2D eigenvalue weighted by atomic mass is 10.0. The van der Waals surface area contributed by atoms with Gasteiger partial charge in [0.25, 0.3) is 0 Å². The third-order valence-corrected chi connectivity index (χ3v) is 11.7. The van der Waals surface area contributed by atoms with Crippen molar-refractivity contribution < 1.29 is 0 Å². The molecule has 12 aromatic rings. The van der Waals surface area contributed by atoms with E-state index in [0.717, 1.165) is 67.5 Å². The van der Waals surface area contributed by atoms with Gasteiger partial charge in [-0.15, -0.1) is 30.6 Å². The highest BCUT2D eigenvalue weighted by molar-refractivity contribution is 6.15. The Kier molecular flexibility index (Phi) is 8.42. The molecule has 3 aliphatic carbocycles. The first-order valence-corrected chi connectivity index (χ1v) is 20.9. The second kappa shape index (κ2) is 15.0. The van der Waals surface area contributed by atoms with Crippen LogP contribution in [0.5, 0.6) is 0 Å². The van der Waals surface area contributed by atoms with Crippen LogP contribution in [0.15, 0.2) is 165 Å². The van der Waals surface area contributed by atoms with Crippen LogP contribution < -0.4 is 0 Å². The van der Waals surface area contributed by atoms with Crippen LogP contribution in [-0.4, -0.2) is 75.4 Å². The molecule has 0 radical (unpaired) electrons. The molecule has 0 unspecified atom stereocenters. The molecule has 0 aliphatic heterocycles. The van der Waals surface area contributed by atoms with Crippen molar-refractivity contribution in [3.8, 4) is 102 Å². The van der Waals surface area contributed by atoms with E-state index in [1.807, 2.05) is 36.4 Å². The quantitative estimate of drug-likeness (QED) is 0.163. The largest absolute Gasteiger partial charge is 0.261 e. The summed E-state index contributed by atoms with van der Waals surface area (Å²) in [6, 6.07) is 37.3. The van der Waals surface area contributed by atoms with Gasteiger partial charge >= 0.3 is 0 Å². The highest BCUT2D eigenvalue weighted by atomic mass is 15.2. The average Bonchev–Trinajstić information content (AvgIpc) is 4.02. The minimum Gasteiger partial charge on any atom is -0.261 e. The number of benzene rings is 6. The molecule has 0 spiro atoms. The fourth-order valence-corrected chi connectivity index (χ4v) is 8.86. The van der Waals surface area contributed by atoms with Crippen molar-refractivity contribution in [2.75, 3.05) is 0 Å². The molecule has 306 valence electrons. The monoisotopic (exact) mass is 849 g/mol. The first-order valence-electron chi connectivity index (χ1n) is 20.9. The molecule has 6 aromatic heterocycles. The van der Waals surface area contributed by atoms with Gasteiger partial charge < -0.3 is 0 Å². The van der Waals surface area contributed by atoms with Gasteiger partial charge in [0, 0.05) is 86.7 Å². The Balaban J connectivity index is 0.0000000988. The lowest BCUT2D eigenvalue weighted by Gasteiger charge is -2.02. The summed E-state index contributed by atoms with van der Waals surface area (Å²) in [7, 11) is 0. The first-order chi connectivity index (χ1) is 32.7. The number of fused-ring (bicyclic) bond motifs is 9. The van der Waals surface area contributed by atoms with Gasteiger partial charge in [-0.2, -0.15) is 0 Å². The molecule has 15 rings (SSSR count). The predicted molar refractivity (Wildman–Crippen MR) is 248 cm³/mol. The van der Waals surface area contributed by atoms with Gasteiger partial charge in [0.15, 0.2) is 0 Å². The van der Waals surface area contributed by atoms with Crippen molar-refractivity contribution in [2.24, 2.45) is 0 Å². The molecule has 0 saturated heterocycles. The van der Waals surface area contributed by atoms with E-state index in [-0.39, 0.29) is 0 Å². The van der Waals surface area contributed by atoms with Crippen molar-refractivity contribution in [1.29, 1.82) is 0 Å². The van der Waals surface area contributed by atoms with E-state index in [9.17, 15) is 0 Å². The summed E-state index contributed by atoms with van der Waals surface area (Å²) in [6.45, 7) is 0. The number of hydrogen-bond acceptors (Lipinski definition) is 15. The van der Waals surface area contributed by atoms with Gasteiger partial charge in [-0.25, -0.2) is 29.9 Å². The molecule has 6 aromatic carbocycles. The molecule has 66 heavy (non-hydrogen) atoms. The third-order valence-electron chi connectivity index (χ3n) is 11.7. The van der Waals surface area contributed by atoms with E-state index >= 15 is 0 Å². The van der Waals surface area contributed by atoms with Crippen LogP contribution in [-0.2, 0) is 0 Å². The Hall–Kier alpha value is -9.63. The third kappa shape index (κ3) is 5.95. The van der Waals surface area contributed by atoms with Crippen molar-refractivity contribution >= 4 is 32.3 Å². The Morgan fingerprint density at radius 1 is 0.258 bits per heavy atom. The van der Waals surface area contributed by atoms with Crippen LogP contribution in [0.3, 0.4) is 0 Å². The number of nitrogens with zero attached hydrogens (tertiary/aromatic N) is 15. The smallest absolute Gasteiger partial charge is 0.202 e. The van der Waals surface area contributed by atoms with E-state index in [4.69, 9.17) is 0 Å². The van der Waals surface area contributed by atoms with Gasteiger partial charge in [-0.1, -0.05) is 109 Å². The fraction of sp³-hybridized carbons (Fsp3) is 0. The zero-order valence-electron chi connectivity index (χ0n) is 34.3. The van der Waals surface area contributed by atoms with Gasteiger partial charge in [-0.05, 0) is 16.2 Å². The summed E-state index contributed by atoms with van der Waals surface area (Å²) in [5.41, 5.74) is 13.5. The highest BCUT2D eigenvalue weighted by Crippen LogP contribution is 2.47. The Labute approximate surface area is 373 Å². The fourth-order valence-electron chi connectivity index (χ4n) is 8.86. The summed E-state index contributed by atoms with van der Waals surface area (Å²) in [4.78, 5) is 39.0. The minimum atomic E-state index is 0.497. The lowest BCUT2D eigenvalue weighted by Crippen LogP contribution is -1.98. The van der Waals surface area contributed by atoms with E-state index in [2.05, 4.69) is 148 Å². The van der Waals surface area contributed by atoms with Crippen molar-refractivity contribution in [3.05, 3.63) is 165 Å². The lowest BCUT2D eigenvalue weighted by molar-refractivity contribution is 0.981. The van der Waals surface area contributed by atoms with Crippen molar-refractivity contribution in [2.45, 2.75) is 0 Å². The SMILES string of the molecule is c1cc2c3c(cccc3c1)-c1nc(-c3cnccn3)nnc1-2.c1cc2c3c(cccc3c1)-c1nc(-c3cnccn3)nnc1-2.c1cc2c3c(cccc3c1)-c1nc(-c3cnccn3)nnc1-2. The van der Waals surface area contributed by atoms with Crippen molar-refractivity contribution in [3.63, 3.8) is 0 Å². The first kappa shape index (κ1) is 37.0. The molecule has 0 bridgehead atoms. The molecule has 6 heterocycles. The number of hydrogen-bond donors (Lipinski definition) is 0. The molecule has 15 nitrogen and oxygen atoms in total. The maximum absolute atomic E-state index is 4.69. The second-order valence-corrected chi connectivity index (χ2v) is 15.4. The molecule has 0 N–H and O–H groups in total. The molecular weight excluding hydrogens is 823 g/mol. The van der Waals surface area contributed by atoms with Crippen LogP contribution in [0, 0.1) is 0 Å². The van der Waals surface area contributed by atoms with Gasteiger partial charge in [0.2, 0.25) is 17.5 Å². The number of rotatable bonds is 3. The minimum absolute atomic E-state index is 0.497. The van der Waals surface area contributed by atoms with Crippen LogP contribution in [0.2, 0.25) is 0 Å². The molecule has 3 aliphatic rings. The molecule has 0 atom stereocenters. The Bertz CT molecular complexity index is 3470. The highest BCUT2D eigenvalue weighted by Gasteiger charge is 2.28. The van der Waals surface area contributed by atoms with E-state index in [1.165, 1.54) is 32.3 Å². The summed E-state index contributed by atoms with van der Waals surface area (Å²) in [5.74, 6) is 1.49. The summed E-state index contributed by atoms with van der Waals surface area (Å²) in [5, 5.41) is 33.0. The molecule has 15 heteroatoms. The zero-order chi connectivity index (χ0) is 43.6. The predicted octanol–water partition coefficient (Wildman–Crippen LogP) is 9.39. The maximum atomic E-state index is 4.69. The van der Waals surface area contributed by atoms with Gasteiger partial charge in [0.1, 0.15) is 51.2 Å². The number of aromatic nitrogens is 15. The standard InChI is InChI=1S/3C17H9N5/c3*1-3-10-4-2-6-12-14(10)11(5-1)15-16(12)21-22-17(20-15)13-9-18-7-8-19-13/h3*1-9H. The van der Waals surface area contributed by atoms with Crippen LogP contribution in [0.1, 0.15) is 0 Å². The Morgan fingerprint density at radius 3 is 0.788 bits per heavy atom. The van der Waals surface area contributed by atoms with E-state index in [1.54, 1.807) is 55.8 Å². The zero-order valence-corrected chi connectivity index (χ0v) is 34.3. The summed E-state index contributed by atoms with van der Waals surface area (Å²) < 4.78 is 0. The van der Waals surface area contributed by atoms with Crippen LogP contribution >= 0.6 is 0 Å². The average molecular weight is 850 g/mol. The summed E-state index contributed by atoms with van der Waals surface area (Å²) >= 11 is 0. The van der Waals surface area contributed by atoms with Crippen molar-refractivity contribution in [1.82, 2.24) is 75.4 Å². The van der Waals surface area contributed by atoms with Gasteiger partial charge in [0.05, 0.1) is 18.6 Å². The van der Waals surface area contributed by atoms with E-state index < -0.39 is 0 Å². The molecule has 0 amide bonds. The van der Waals surface area contributed by atoms with E-state index in [0.29, 0.717) is 34.6 Å². The normalized spacial score (nSPS) is 11.6. The second-order valence-electron chi connectivity index (χ2n) is 15.4. The maximum Gasteiger partial charge on any atom is 0.202 e. The van der Waals surface area contributed by atoms with Gasteiger partial charge in [-0.3, -0.25) is 15.0 Å². The topological polar surface area (TPSA) is 193 Å². The summed E-state index contributed by atoms with van der Waals surface area (Å²) in [6.07, 6.45) is 14.7. The van der Waals surface area contributed by atoms with Crippen LogP contribution in [0.4, 0.5) is 0 Å². The molecule has 0 fully saturated rings. The Morgan fingerprint density at radius 2 is 0.530 bits per heavy atom.